The van der Waals surface area contributed by atoms with Gasteiger partial charge in [-0.25, -0.2) is 0 Å². The minimum absolute atomic E-state index is 0.581. The highest BCUT2D eigenvalue weighted by atomic mass is 16.7. The van der Waals surface area contributed by atoms with E-state index in [1.165, 1.54) is 0 Å². The third-order valence-electron chi connectivity index (χ3n) is 3.59. The van der Waals surface area contributed by atoms with Crippen LogP contribution in [0.3, 0.4) is 0 Å². The maximum atomic E-state index is 11.9. The van der Waals surface area contributed by atoms with Crippen LogP contribution in [0.25, 0.3) is 0 Å². The zero-order chi connectivity index (χ0) is 25.0. The Kier molecular flexibility index (Phi) is 12.6. The van der Waals surface area contributed by atoms with E-state index in [1.54, 1.807) is 0 Å². The molecule has 0 saturated heterocycles. The van der Waals surface area contributed by atoms with Gasteiger partial charge in [0.25, 0.3) is 0 Å². The molecule has 5 atom stereocenters. The smallest absolute Gasteiger partial charge is 0.305 e. The van der Waals surface area contributed by atoms with E-state index < -0.39 is 73.0 Å². The summed E-state index contributed by atoms with van der Waals surface area (Å²) in [7, 11) is 1.15. The van der Waals surface area contributed by atoms with Crippen LogP contribution in [0.15, 0.2) is 0 Å². The van der Waals surface area contributed by atoms with Crippen LogP contribution in [-0.4, -0.2) is 80.1 Å². The normalized spacial score (nSPS) is 15.1. The molecule has 0 aromatic rings. The molecule has 0 saturated carbocycles. The van der Waals surface area contributed by atoms with Crippen LogP contribution in [0.5, 0.6) is 0 Å². The third kappa shape index (κ3) is 11.2. The largest absolute Gasteiger partial charge is 0.462 e. The molecule has 0 aromatic carbocycles. The van der Waals surface area contributed by atoms with E-state index in [-0.39, 0.29) is 0 Å². The molecule has 0 aliphatic rings. The van der Waals surface area contributed by atoms with E-state index in [2.05, 4.69) is 5.32 Å². The van der Waals surface area contributed by atoms with Crippen molar-refractivity contribution in [3.8, 4) is 0 Å². The fourth-order valence-corrected chi connectivity index (χ4v) is 2.66. The summed E-state index contributed by atoms with van der Waals surface area (Å²) in [5, 5.41) is 2.41. The summed E-state index contributed by atoms with van der Waals surface area (Å²) in [5.41, 5.74) is 0. The Hall–Kier alpha value is -3.22. The molecular formula is C19H29NO12. The minimum atomic E-state index is -1.61. The number of hydrogen-bond acceptors (Lipinski definition) is 12. The Morgan fingerprint density at radius 2 is 1.12 bits per heavy atom. The molecule has 1 N–H and O–H groups in total. The Balaban J connectivity index is 6.54. The van der Waals surface area contributed by atoms with E-state index >= 15 is 0 Å². The monoisotopic (exact) mass is 463 g/mol. The van der Waals surface area contributed by atoms with Crippen LogP contribution in [0.2, 0.25) is 0 Å². The maximum absolute atomic E-state index is 11.9. The molecule has 1 unspecified atom stereocenters. The van der Waals surface area contributed by atoms with Crippen molar-refractivity contribution in [2.24, 2.45) is 0 Å². The number of esters is 5. The van der Waals surface area contributed by atoms with E-state index in [4.69, 9.17) is 28.4 Å². The van der Waals surface area contributed by atoms with Crippen molar-refractivity contribution in [2.45, 2.75) is 72.2 Å². The Morgan fingerprint density at radius 1 is 0.656 bits per heavy atom. The number of nitrogens with one attached hydrogen (secondary N) is 1. The van der Waals surface area contributed by atoms with Crippen LogP contribution in [0.1, 0.15) is 41.5 Å². The highest BCUT2D eigenvalue weighted by molar-refractivity contribution is 5.74. The molecule has 1 amide bonds. The fraction of sp³-hybridized carbons (Fsp3) is 0.684. The van der Waals surface area contributed by atoms with Gasteiger partial charge < -0.3 is 33.7 Å². The van der Waals surface area contributed by atoms with Crippen molar-refractivity contribution in [1.82, 2.24) is 5.32 Å². The second-order valence-electron chi connectivity index (χ2n) is 6.54. The molecule has 0 fully saturated rings. The Bertz CT molecular complexity index is 706. The van der Waals surface area contributed by atoms with Crippen molar-refractivity contribution >= 4 is 35.8 Å². The first-order chi connectivity index (χ1) is 14.8. The molecule has 0 aliphatic heterocycles. The number of methoxy groups -OCH3 is 1. The van der Waals surface area contributed by atoms with E-state index in [0.717, 1.165) is 48.7 Å². The zero-order valence-electron chi connectivity index (χ0n) is 19.0. The molecule has 13 nitrogen and oxygen atoms in total. The lowest BCUT2D eigenvalue weighted by atomic mass is 9.99. The zero-order valence-corrected chi connectivity index (χ0v) is 19.0. The minimum Gasteiger partial charge on any atom is -0.462 e. The van der Waals surface area contributed by atoms with Gasteiger partial charge in [0.1, 0.15) is 12.6 Å². The summed E-state index contributed by atoms with van der Waals surface area (Å²) in [4.78, 5) is 70.0. The second-order valence-corrected chi connectivity index (χ2v) is 6.54. The van der Waals surface area contributed by atoms with Crippen LogP contribution in [-0.2, 0) is 57.2 Å². The predicted octanol–water partition coefficient (Wildman–Crippen LogP) is -0.615. The number of hydrogen-bond donors (Lipinski definition) is 1. The Morgan fingerprint density at radius 3 is 1.50 bits per heavy atom. The van der Waals surface area contributed by atoms with Crippen LogP contribution in [0, 0.1) is 0 Å². The summed E-state index contributed by atoms with van der Waals surface area (Å²) in [6.07, 6.45) is -6.18. The van der Waals surface area contributed by atoms with Gasteiger partial charge in [-0.2, -0.15) is 0 Å². The van der Waals surface area contributed by atoms with Crippen molar-refractivity contribution in [3.63, 3.8) is 0 Å². The standard InChI is InChI=1S/C19H29NO12/c1-9(21)20-16(19(27-7)32-14(6)26)18(31-13(5)25)17(30-12(4)24)15(29-11(3)23)8-28-10(2)22/h15-19H,8H2,1-7H3,(H,20,21)/t15-,16-,17-,18-,19?/m1/s1. The highest BCUT2D eigenvalue weighted by Gasteiger charge is 2.46. The first kappa shape index (κ1) is 28.8. The maximum Gasteiger partial charge on any atom is 0.305 e. The van der Waals surface area contributed by atoms with Gasteiger partial charge in [-0.15, -0.1) is 0 Å². The Labute approximate surface area is 185 Å². The highest BCUT2D eigenvalue weighted by Crippen LogP contribution is 2.21. The lowest BCUT2D eigenvalue weighted by molar-refractivity contribution is -0.211. The van der Waals surface area contributed by atoms with Crippen molar-refractivity contribution in [1.29, 1.82) is 0 Å². The third-order valence-corrected chi connectivity index (χ3v) is 3.59. The summed E-state index contributed by atoms with van der Waals surface area (Å²) in [6.45, 7) is 5.82. The van der Waals surface area contributed by atoms with E-state index in [1.807, 2.05) is 0 Å². The fourth-order valence-electron chi connectivity index (χ4n) is 2.66. The number of amides is 1. The first-order valence-corrected chi connectivity index (χ1v) is 9.40. The molecule has 0 heterocycles. The number of carbonyl (C=O) groups is 6. The summed E-state index contributed by atoms with van der Waals surface area (Å²) in [6, 6.07) is -1.43. The topological polar surface area (TPSA) is 170 Å². The SMILES string of the molecule is COC(OC(C)=O)[C@H](NC(C)=O)[C@@H](OC(C)=O)[C@H](OC(C)=O)[C@@H](COC(C)=O)OC(C)=O. The molecule has 32 heavy (non-hydrogen) atoms. The lowest BCUT2D eigenvalue weighted by Gasteiger charge is -2.38. The second kappa shape index (κ2) is 14.0. The van der Waals surface area contributed by atoms with Gasteiger partial charge in [0.05, 0.1) is 0 Å². The molecule has 0 bridgehead atoms. The lowest BCUT2D eigenvalue weighted by Crippen LogP contribution is -2.61. The summed E-state index contributed by atoms with van der Waals surface area (Å²) < 4.78 is 30.7. The molecule has 182 valence electrons. The van der Waals surface area contributed by atoms with Crippen LogP contribution >= 0.6 is 0 Å². The number of ether oxygens (including phenoxy) is 6. The van der Waals surface area contributed by atoms with Gasteiger partial charge in [-0.3, -0.25) is 28.8 Å². The summed E-state index contributed by atoms with van der Waals surface area (Å²) in [5.74, 6) is -4.77. The van der Waals surface area contributed by atoms with E-state index in [9.17, 15) is 28.8 Å². The summed E-state index contributed by atoms with van der Waals surface area (Å²) >= 11 is 0. The predicted molar refractivity (Wildman–Crippen MR) is 103 cm³/mol. The molecule has 0 radical (unpaired) electrons. The molecular weight excluding hydrogens is 434 g/mol. The van der Waals surface area contributed by atoms with E-state index in [0.29, 0.717) is 0 Å². The van der Waals surface area contributed by atoms with Crippen molar-refractivity contribution in [2.75, 3.05) is 13.7 Å². The van der Waals surface area contributed by atoms with Crippen molar-refractivity contribution < 1.29 is 57.2 Å². The molecule has 0 rings (SSSR count). The van der Waals surface area contributed by atoms with Gasteiger partial charge in [-0.05, 0) is 0 Å². The van der Waals surface area contributed by atoms with Gasteiger partial charge in [0.2, 0.25) is 12.2 Å². The van der Waals surface area contributed by atoms with Gasteiger partial charge in [0.15, 0.2) is 18.3 Å². The molecule has 13 heteroatoms. The van der Waals surface area contributed by atoms with Gasteiger partial charge >= 0.3 is 29.8 Å². The number of carbonyl (C=O) groups excluding carboxylic acids is 6. The van der Waals surface area contributed by atoms with Crippen LogP contribution in [0.4, 0.5) is 0 Å². The first-order valence-electron chi connectivity index (χ1n) is 9.40. The molecule has 0 aliphatic carbocycles. The molecule has 0 spiro atoms. The quantitative estimate of drug-likeness (QED) is 0.221. The average Bonchev–Trinajstić information content (AvgIpc) is 2.63. The van der Waals surface area contributed by atoms with Gasteiger partial charge in [0, 0.05) is 48.7 Å². The van der Waals surface area contributed by atoms with Crippen LogP contribution < -0.4 is 5.32 Å². The molecule has 0 aromatic heterocycles. The van der Waals surface area contributed by atoms with Crippen molar-refractivity contribution in [3.05, 3.63) is 0 Å². The number of rotatable bonds is 12. The van der Waals surface area contributed by atoms with Gasteiger partial charge in [-0.1, -0.05) is 0 Å². The average molecular weight is 463 g/mol.